The average molecular weight is 385 g/mol. The lowest BCUT2D eigenvalue weighted by molar-refractivity contribution is -0.116. The molecule has 0 unspecified atom stereocenters. The van der Waals surface area contributed by atoms with E-state index < -0.39 is 0 Å². The zero-order chi connectivity index (χ0) is 18.9. The number of carbonyl (C=O) groups is 1. The normalized spacial score (nSPS) is 11.1. The standard InChI is InChI=1S/C20H20FN3O2S/c21-16-7-4-6-15(14-16)10-11-18(25)22-12-3-1-2-9-19-23-20(24-26-19)17-8-5-13-27-17/h4-8,10-11,13-14H,1-3,9,12H2,(H,22,25)/b11-10+. The van der Waals surface area contributed by atoms with Crippen molar-refractivity contribution >= 4 is 23.3 Å². The van der Waals surface area contributed by atoms with Crippen molar-refractivity contribution in [1.29, 1.82) is 0 Å². The number of hydrogen-bond donors (Lipinski definition) is 1. The molecule has 0 radical (unpaired) electrons. The number of benzene rings is 1. The van der Waals surface area contributed by atoms with Gasteiger partial charge in [-0.25, -0.2) is 4.39 Å². The van der Waals surface area contributed by atoms with Crippen molar-refractivity contribution in [2.75, 3.05) is 6.54 Å². The van der Waals surface area contributed by atoms with Crippen LogP contribution >= 0.6 is 11.3 Å². The number of nitrogens with one attached hydrogen (secondary N) is 1. The Morgan fingerprint density at radius 2 is 2.15 bits per heavy atom. The summed E-state index contributed by atoms with van der Waals surface area (Å²) in [5.41, 5.74) is 0.659. The largest absolute Gasteiger partial charge is 0.353 e. The van der Waals surface area contributed by atoms with Crippen LogP contribution in [0.4, 0.5) is 4.39 Å². The van der Waals surface area contributed by atoms with E-state index in [1.807, 2.05) is 17.5 Å². The molecule has 0 fully saturated rings. The number of hydrogen-bond acceptors (Lipinski definition) is 5. The maximum absolute atomic E-state index is 13.1. The first-order chi connectivity index (χ1) is 13.2. The Balaban J connectivity index is 1.30. The fourth-order valence-corrected chi connectivity index (χ4v) is 3.14. The minimum Gasteiger partial charge on any atom is -0.353 e. The van der Waals surface area contributed by atoms with Crippen LogP contribution in [0.5, 0.6) is 0 Å². The van der Waals surface area contributed by atoms with Gasteiger partial charge < -0.3 is 9.84 Å². The number of amides is 1. The summed E-state index contributed by atoms with van der Waals surface area (Å²) in [7, 11) is 0. The molecule has 2 heterocycles. The van der Waals surface area contributed by atoms with E-state index in [0.29, 0.717) is 23.8 Å². The van der Waals surface area contributed by atoms with Gasteiger partial charge in [0.1, 0.15) is 5.82 Å². The third-order valence-corrected chi connectivity index (χ3v) is 4.72. The molecule has 1 amide bonds. The molecular formula is C20H20FN3O2S. The molecule has 0 aliphatic carbocycles. The second-order valence-corrected chi connectivity index (χ2v) is 6.93. The molecule has 0 spiro atoms. The van der Waals surface area contributed by atoms with Crippen LogP contribution < -0.4 is 5.32 Å². The first-order valence-electron chi connectivity index (χ1n) is 8.78. The molecule has 5 nitrogen and oxygen atoms in total. The summed E-state index contributed by atoms with van der Waals surface area (Å²) in [6, 6.07) is 10.0. The highest BCUT2D eigenvalue weighted by atomic mass is 32.1. The lowest BCUT2D eigenvalue weighted by atomic mass is 10.2. The first kappa shape index (κ1) is 19.0. The monoisotopic (exact) mass is 385 g/mol. The van der Waals surface area contributed by atoms with Crippen molar-refractivity contribution in [2.45, 2.75) is 25.7 Å². The van der Waals surface area contributed by atoms with Gasteiger partial charge in [-0.2, -0.15) is 4.98 Å². The lowest BCUT2D eigenvalue weighted by Crippen LogP contribution is -2.21. The van der Waals surface area contributed by atoms with Crippen molar-refractivity contribution < 1.29 is 13.7 Å². The molecular weight excluding hydrogens is 365 g/mol. The predicted octanol–water partition coefficient (Wildman–Crippen LogP) is 4.48. The van der Waals surface area contributed by atoms with Gasteiger partial charge in [-0.3, -0.25) is 4.79 Å². The average Bonchev–Trinajstić information content (AvgIpc) is 3.34. The molecule has 2 aromatic heterocycles. The molecule has 27 heavy (non-hydrogen) atoms. The summed E-state index contributed by atoms with van der Waals surface area (Å²) in [5, 5.41) is 8.78. The first-order valence-corrected chi connectivity index (χ1v) is 9.66. The van der Waals surface area contributed by atoms with E-state index in [2.05, 4.69) is 15.5 Å². The molecule has 0 atom stereocenters. The topological polar surface area (TPSA) is 68.0 Å². The number of aromatic nitrogens is 2. The number of halogens is 1. The van der Waals surface area contributed by atoms with Gasteiger partial charge in [0.25, 0.3) is 0 Å². The second kappa shape index (κ2) is 9.78. The van der Waals surface area contributed by atoms with Gasteiger partial charge in [0.2, 0.25) is 17.6 Å². The van der Waals surface area contributed by atoms with Crippen molar-refractivity contribution in [3.63, 3.8) is 0 Å². The summed E-state index contributed by atoms with van der Waals surface area (Å²) in [6.07, 6.45) is 6.47. The van der Waals surface area contributed by atoms with Crippen LogP contribution in [-0.2, 0) is 11.2 Å². The van der Waals surface area contributed by atoms with Gasteiger partial charge in [-0.1, -0.05) is 29.8 Å². The summed E-state index contributed by atoms with van der Waals surface area (Å²) in [4.78, 5) is 17.1. The summed E-state index contributed by atoms with van der Waals surface area (Å²) < 4.78 is 18.3. The summed E-state index contributed by atoms with van der Waals surface area (Å²) in [6.45, 7) is 0.594. The Labute approximate surface area is 160 Å². The smallest absolute Gasteiger partial charge is 0.243 e. The number of nitrogens with zero attached hydrogens (tertiary/aromatic N) is 2. The van der Waals surface area contributed by atoms with Crippen LogP contribution in [0, 0.1) is 5.82 Å². The van der Waals surface area contributed by atoms with Crippen molar-refractivity contribution in [3.05, 3.63) is 65.1 Å². The molecule has 0 saturated carbocycles. The Bertz CT molecular complexity index is 890. The van der Waals surface area contributed by atoms with E-state index in [9.17, 15) is 9.18 Å². The fraction of sp³-hybridized carbons (Fsp3) is 0.250. The van der Waals surface area contributed by atoms with Crippen molar-refractivity contribution in [1.82, 2.24) is 15.5 Å². The second-order valence-electron chi connectivity index (χ2n) is 5.98. The zero-order valence-electron chi connectivity index (χ0n) is 14.7. The molecule has 0 aliphatic heterocycles. The van der Waals surface area contributed by atoms with Crippen LogP contribution in [0.3, 0.4) is 0 Å². The van der Waals surface area contributed by atoms with Gasteiger partial charge in [0.05, 0.1) is 4.88 Å². The molecule has 140 valence electrons. The van der Waals surface area contributed by atoms with Crippen molar-refractivity contribution in [3.8, 4) is 10.7 Å². The molecule has 3 aromatic rings. The number of unbranched alkanes of at least 4 members (excludes halogenated alkanes) is 2. The molecule has 0 bridgehead atoms. The van der Waals surface area contributed by atoms with Gasteiger partial charge in [-0.05, 0) is 48.1 Å². The molecule has 3 rings (SSSR count). The lowest BCUT2D eigenvalue weighted by Gasteiger charge is -2.01. The minimum absolute atomic E-state index is 0.184. The van der Waals surface area contributed by atoms with Gasteiger partial charge in [0.15, 0.2) is 0 Å². The van der Waals surface area contributed by atoms with E-state index in [1.165, 1.54) is 18.2 Å². The van der Waals surface area contributed by atoms with E-state index in [-0.39, 0.29) is 11.7 Å². The van der Waals surface area contributed by atoms with E-state index >= 15 is 0 Å². The Kier molecular flexibility index (Phi) is 6.87. The van der Waals surface area contributed by atoms with Gasteiger partial charge in [0, 0.05) is 19.0 Å². The molecule has 1 aromatic carbocycles. The predicted molar refractivity (Wildman–Crippen MR) is 104 cm³/mol. The Morgan fingerprint density at radius 1 is 1.22 bits per heavy atom. The number of thiophene rings is 1. The Morgan fingerprint density at radius 3 is 2.96 bits per heavy atom. The van der Waals surface area contributed by atoms with E-state index in [0.717, 1.165) is 30.6 Å². The van der Waals surface area contributed by atoms with Crippen LogP contribution in [-0.4, -0.2) is 22.6 Å². The number of aryl methyl sites for hydroxylation is 1. The highest BCUT2D eigenvalue weighted by molar-refractivity contribution is 7.13. The maximum atomic E-state index is 13.1. The summed E-state index contributed by atoms with van der Waals surface area (Å²) >= 11 is 1.58. The van der Waals surface area contributed by atoms with Crippen LogP contribution in [0.25, 0.3) is 16.8 Å². The summed E-state index contributed by atoms with van der Waals surface area (Å²) in [5.74, 6) is 0.774. The minimum atomic E-state index is -0.318. The van der Waals surface area contributed by atoms with E-state index in [4.69, 9.17) is 4.52 Å². The molecule has 1 N–H and O–H groups in total. The molecule has 0 aliphatic rings. The fourth-order valence-electron chi connectivity index (χ4n) is 2.49. The highest BCUT2D eigenvalue weighted by Crippen LogP contribution is 2.21. The van der Waals surface area contributed by atoms with Crippen LogP contribution in [0.15, 0.2) is 52.4 Å². The maximum Gasteiger partial charge on any atom is 0.243 e. The highest BCUT2D eigenvalue weighted by Gasteiger charge is 2.08. The third kappa shape index (κ3) is 6.14. The van der Waals surface area contributed by atoms with Gasteiger partial charge >= 0.3 is 0 Å². The molecule has 0 saturated heterocycles. The Hall–Kier alpha value is -2.80. The molecule has 7 heteroatoms. The number of carbonyl (C=O) groups excluding carboxylic acids is 1. The number of rotatable bonds is 9. The quantitative estimate of drug-likeness (QED) is 0.436. The SMILES string of the molecule is O=C(/C=C/c1cccc(F)c1)NCCCCCc1nc(-c2cccs2)no1. The van der Waals surface area contributed by atoms with Gasteiger partial charge in [-0.15, -0.1) is 11.3 Å². The van der Waals surface area contributed by atoms with Crippen LogP contribution in [0.1, 0.15) is 30.7 Å². The third-order valence-electron chi connectivity index (χ3n) is 3.85. The van der Waals surface area contributed by atoms with E-state index in [1.54, 1.807) is 29.5 Å². The zero-order valence-corrected chi connectivity index (χ0v) is 15.5. The van der Waals surface area contributed by atoms with Crippen LogP contribution in [0.2, 0.25) is 0 Å². The van der Waals surface area contributed by atoms with Crippen molar-refractivity contribution in [2.24, 2.45) is 0 Å².